The van der Waals surface area contributed by atoms with Crippen molar-refractivity contribution in [3.8, 4) is 5.75 Å². The molecule has 18 heavy (non-hydrogen) atoms. The minimum absolute atomic E-state index is 0.0549. The second-order valence-electron chi connectivity index (χ2n) is 4.04. The van der Waals surface area contributed by atoms with E-state index in [-0.39, 0.29) is 23.1 Å². The molecule has 1 aliphatic rings. The zero-order valence-corrected chi connectivity index (χ0v) is 10.5. The predicted octanol–water partition coefficient (Wildman–Crippen LogP) is 1.76. The normalized spacial score (nSPS) is 22.8. The van der Waals surface area contributed by atoms with Crippen LogP contribution in [0.25, 0.3) is 0 Å². The summed E-state index contributed by atoms with van der Waals surface area (Å²) in [6.45, 7) is 0.518. The van der Waals surface area contributed by atoms with E-state index >= 15 is 0 Å². The van der Waals surface area contributed by atoms with E-state index in [4.69, 9.17) is 16.3 Å². The van der Waals surface area contributed by atoms with Gasteiger partial charge in [-0.3, -0.25) is 4.79 Å². The van der Waals surface area contributed by atoms with E-state index in [1.165, 1.54) is 19.2 Å². The smallest absolute Gasteiger partial charge is 0.323 e. The van der Waals surface area contributed by atoms with Gasteiger partial charge in [0.15, 0.2) is 0 Å². The molecule has 1 aromatic rings. The Labute approximate surface area is 109 Å². The summed E-state index contributed by atoms with van der Waals surface area (Å²) in [5.74, 6) is -0.442. The molecule has 1 aromatic carbocycles. The van der Waals surface area contributed by atoms with Gasteiger partial charge in [-0.15, -0.1) is 0 Å². The van der Waals surface area contributed by atoms with Crippen molar-refractivity contribution in [2.75, 3.05) is 13.7 Å². The first-order valence-corrected chi connectivity index (χ1v) is 5.91. The van der Waals surface area contributed by atoms with Crippen molar-refractivity contribution in [3.63, 3.8) is 0 Å². The molecular formula is C12H13ClFNO3. The molecule has 0 radical (unpaired) electrons. The average Bonchev–Trinajstić information content (AvgIpc) is 2.81. The highest BCUT2D eigenvalue weighted by Gasteiger charge is 2.31. The fourth-order valence-electron chi connectivity index (χ4n) is 1.86. The van der Waals surface area contributed by atoms with Gasteiger partial charge in [-0.2, -0.15) is 0 Å². The number of methoxy groups -OCH3 is 1. The summed E-state index contributed by atoms with van der Waals surface area (Å²) >= 11 is 5.58. The van der Waals surface area contributed by atoms with Crippen LogP contribution in [-0.2, 0) is 9.53 Å². The van der Waals surface area contributed by atoms with E-state index < -0.39 is 5.82 Å². The second kappa shape index (κ2) is 5.54. The molecule has 0 saturated carbocycles. The van der Waals surface area contributed by atoms with Crippen LogP contribution in [0.3, 0.4) is 0 Å². The molecule has 4 nitrogen and oxygen atoms in total. The van der Waals surface area contributed by atoms with Crippen molar-refractivity contribution in [1.82, 2.24) is 5.32 Å². The highest BCUT2D eigenvalue weighted by atomic mass is 35.5. The molecule has 0 aliphatic carbocycles. The molecule has 0 unspecified atom stereocenters. The average molecular weight is 274 g/mol. The third kappa shape index (κ3) is 2.91. The minimum atomic E-state index is -0.523. The predicted molar refractivity (Wildman–Crippen MR) is 64.2 cm³/mol. The number of benzene rings is 1. The standard InChI is InChI=1S/C12H13ClFNO3/c1-17-12(16)11-5-8(6-15-11)18-7-2-3-9(13)10(14)4-7/h2-4,8,11,15H,5-6H2,1H3/t8-,11-/m0/s1. The molecule has 0 spiro atoms. The molecular weight excluding hydrogens is 261 g/mol. The van der Waals surface area contributed by atoms with Crippen molar-refractivity contribution in [1.29, 1.82) is 0 Å². The maximum Gasteiger partial charge on any atom is 0.323 e. The molecule has 0 aromatic heterocycles. The largest absolute Gasteiger partial charge is 0.489 e. The van der Waals surface area contributed by atoms with Gasteiger partial charge in [-0.25, -0.2) is 4.39 Å². The second-order valence-corrected chi connectivity index (χ2v) is 4.44. The third-order valence-corrected chi connectivity index (χ3v) is 3.08. The first-order chi connectivity index (χ1) is 8.60. The number of rotatable bonds is 3. The first-order valence-electron chi connectivity index (χ1n) is 5.53. The highest BCUT2D eigenvalue weighted by molar-refractivity contribution is 6.30. The van der Waals surface area contributed by atoms with Crippen molar-refractivity contribution in [3.05, 3.63) is 29.0 Å². The zero-order chi connectivity index (χ0) is 13.1. The van der Waals surface area contributed by atoms with E-state index in [1.807, 2.05) is 0 Å². The van der Waals surface area contributed by atoms with Crippen LogP contribution in [0.4, 0.5) is 4.39 Å². The molecule has 1 heterocycles. The summed E-state index contributed by atoms with van der Waals surface area (Å²) in [5, 5.41) is 3.04. The van der Waals surface area contributed by atoms with Crippen LogP contribution in [0, 0.1) is 5.82 Å². The molecule has 0 bridgehead atoms. The van der Waals surface area contributed by atoms with Gasteiger partial charge >= 0.3 is 5.97 Å². The van der Waals surface area contributed by atoms with E-state index in [2.05, 4.69) is 10.1 Å². The van der Waals surface area contributed by atoms with Crippen LogP contribution < -0.4 is 10.1 Å². The summed E-state index contributed by atoms with van der Waals surface area (Å²) in [5.41, 5.74) is 0. The Morgan fingerprint density at radius 3 is 3.00 bits per heavy atom. The molecule has 1 aliphatic heterocycles. The Bertz CT molecular complexity index is 455. The Hall–Kier alpha value is -1.33. The number of hydrogen-bond acceptors (Lipinski definition) is 4. The molecule has 1 saturated heterocycles. The van der Waals surface area contributed by atoms with Gasteiger partial charge in [-0.05, 0) is 12.1 Å². The number of hydrogen-bond donors (Lipinski definition) is 1. The zero-order valence-electron chi connectivity index (χ0n) is 9.78. The number of carbonyl (C=O) groups is 1. The van der Waals surface area contributed by atoms with Crippen LogP contribution in [0.15, 0.2) is 18.2 Å². The molecule has 2 rings (SSSR count). The Kier molecular flexibility index (Phi) is 4.04. The lowest BCUT2D eigenvalue weighted by Gasteiger charge is -2.13. The van der Waals surface area contributed by atoms with Gasteiger partial charge in [0.2, 0.25) is 0 Å². The van der Waals surface area contributed by atoms with E-state index in [9.17, 15) is 9.18 Å². The lowest BCUT2D eigenvalue weighted by molar-refractivity contribution is -0.142. The van der Waals surface area contributed by atoms with Gasteiger partial charge in [0.05, 0.1) is 12.1 Å². The quantitative estimate of drug-likeness (QED) is 0.853. The summed E-state index contributed by atoms with van der Waals surface area (Å²) in [6, 6.07) is 3.90. The monoisotopic (exact) mass is 273 g/mol. The highest BCUT2D eigenvalue weighted by Crippen LogP contribution is 2.23. The molecule has 0 amide bonds. The van der Waals surface area contributed by atoms with Gasteiger partial charge in [0.25, 0.3) is 0 Å². The lowest BCUT2D eigenvalue weighted by Crippen LogP contribution is -2.31. The molecule has 2 atom stereocenters. The third-order valence-electron chi connectivity index (χ3n) is 2.77. The molecule has 6 heteroatoms. The SMILES string of the molecule is COC(=O)[C@@H]1C[C@H](Oc2ccc(Cl)c(F)c2)CN1. The first kappa shape index (κ1) is 13.1. The Balaban J connectivity index is 1.95. The van der Waals surface area contributed by atoms with E-state index in [0.717, 1.165) is 0 Å². The van der Waals surface area contributed by atoms with Crippen molar-refractivity contribution in [2.45, 2.75) is 18.6 Å². The fourth-order valence-corrected chi connectivity index (χ4v) is 1.98. The number of carbonyl (C=O) groups excluding carboxylic acids is 1. The minimum Gasteiger partial charge on any atom is -0.489 e. The summed E-state index contributed by atoms with van der Waals surface area (Å²) in [4.78, 5) is 11.3. The number of ether oxygens (including phenoxy) is 2. The number of esters is 1. The van der Waals surface area contributed by atoms with Crippen LogP contribution in [0.1, 0.15) is 6.42 Å². The van der Waals surface area contributed by atoms with Gasteiger partial charge in [0.1, 0.15) is 23.7 Å². The molecule has 1 fully saturated rings. The van der Waals surface area contributed by atoms with Gasteiger partial charge in [0, 0.05) is 19.0 Å². The van der Waals surface area contributed by atoms with Crippen molar-refractivity contribution in [2.24, 2.45) is 0 Å². The lowest BCUT2D eigenvalue weighted by atomic mass is 10.2. The van der Waals surface area contributed by atoms with Crippen LogP contribution in [-0.4, -0.2) is 31.8 Å². The van der Waals surface area contributed by atoms with E-state index in [1.54, 1.807) is 6.07 Å². The van der Waals surface area contributed by atoms with Gasteiger partial charge in [-0.1, -0.05) is 11.6 Å². The molecule has 1 N–H and O–H groups in total. The maximum absolute atomic E-state index is 13.2. The summed E-state index contributed by atoms with van der Waals surface area (Å²) in [7, 11) is 1.34. The van der Waals surface area contributed by atoms with Crippen LogP contribution in [0.5, 0.6) is 5.75 Å². The topological polar surface area (TPSA) is 47.6 Å². The number of nitrogens with one attached hydrogen (secondary N) is 1. The van der Waals surface area contributed by atoms with Crippen molar-refractivity contribution < 1.29 is 18.7 Å². The summed E-state index contributed by atoms with van der Waals surface area (Å²) in [6.07, 6.45) is 0.311. The number of halogens is 2. The van der Waals surface area contributed by atoms with Crippen molar-refractivity contribution >= 4 is 17.6 Å². The van der Waals surface area contributed by atoms with E-state index in [0.29, 0.717) is 18.7 Å². The van der Waals surface area contributed by atoms with Crippen LogP contribution in [0.2, 0.25) is 5.02 Å². The van der Waals surface area contributed by atoms with Gasteiger partial charge < -0.3 is 14.8 Å². The maximum atomic E-state index is 13.2. The van der Waals surface area contributed by atoms with Crippen LogP contribution >= 0.6 is 11.6 Å². The fraction of sp³-hybridized carbons (Fsp3) is 0.417. The molecule has 98 valence electrons. The summed E-state index contributed by atoms with van der Waals surface area (Å²) < 4.78 is 23.4. The Morgan fingerprint density at radius 2 is 2.33 bits per heavy atom. The Morgan fingerprint density at radius 1 is 1.56 bits per heavy atom.